The highest BCUT2D eigenvalue weighted by Crippen LogP contribution is 2.11. The summed E-state index contributed by atoms with van der Waals surface area (Å²) in [6.45, 7) is 7.92. The SMILES string of the molecule is CC(C)CCN1CCC(O)CC1.Cl.O=C(O)c1ccccc1. The fourth-order valence-electron chi connectivity index (χ4n) is 2.16. The number of aromatic carboxylic acids is 1. The standard InChI is InChI=1S/C10H21NO.C7H6O2.ClH/c1-9(2)3-6-11-7-4-10(12)5-8-11;8-7(9)6-4-2-1-3-5-6;/h9-10,12H,3-8H2,1-2H3;1-5H,(H,8,9);1H. The molecule has 0 atom stereocenters. The van der Waals surface area contributed by atoms with Crippen LogP contribution >= 0.6 is 12.4 Å². The van der Waals surface area contributed by atoms with Crippen LogP contribution in [0.4, 0.5) is 0 Å². The Balaban J connectivity index is 0.000000397. The number of hydrogen-bond donors (Lipinski definition) is 2. The molecule has 1 aromatic rings. The predicted molar refractivity (Wildman–Crippen MR) is 91.8 cm³/mol. The zero-order chi connectivity index (χ0) is 15.7. The molecule has 1 saturated heterocycles. The van der Waals surface area contributed by atoms with Gasteiger partial charge in [-0.05, 0) is 43.9 Å². The number of aliphatic hydroxyl groups excluding tert-OH is 1. The van der Waals surface area contributed by atoms with Crippen LogP contribution in [0.3, 0.4) is 0 Å². The zero-order valence-corrected chi connectivity index (χ0v) is 14.3. The van der Waals surface area contributed by atoms with Gasteiger partial charge in [0.2, 0.25) is 0 Å². The fourth-order valence-corrected chi connectivity index (χ4v) is 2.16. The maximum absolute atomic E-state index is 10.2. The predicted octanol–water partition coefficient (Wildman–Crippen LogP) is 3.30. The van der Waals surface area contributed by atoms with Crippen molar-refractivity contribution < 1.29 is 15.0 Å². The van der Waals surface area contributed by atoms with E-state index in [1.807, 2.05) is 0 Å². The van der Waals surface area contributed by atoms with Crippen molar-refractivity contribution in [2.45, 2.75) is 39.2 Å². The van der Waals surface area contributed by atoms with Gasteiger partial charge in [0, 0.05) is 13.1 Å². The minimum Gasteiger partial charge on any atom is -0.478 e. The zero-order valence-electron chi connectivity index (χ0n) is 13.4. The molecule has 0 spiro atoms. The lowest BCUT2D eigenvalue weighted by Crippen LogP contribution is -2.36. The van der Waals surface area contributed by atoms with Gasteiger partial charge >= 0.3 is 5.97 Å². The van der Waals surface area contributed by atoms with Crippen molar-refractivity contribution in [3.8, 4) is 0 Å². The first kappa shape index (κ1) is 20.9. The normalized spacial score (nSPS) is 15.6. The smallest absolute Gasteiger partial charge is 0.335 e. The lowest BCUT2D eigenvalue weighted by molar-refractivity contribution is 0.0696. The minimum absolute atomic E-state index is 0. The van der Waals surface area contributed by atoms with Gasteiger partial charge in [-0.25, -0.2) is 4.79 Å². The van der Waals surface area contributed by atoms with Crippen LogP contribution in [0, 0.1) is 5.92 Å². The summed E-state index contributed by atoms with van der Waals surface area (Å²) < 4.78 is 0. The Morgan fingerprint density at radius 3 is 2.18 bits per heavy atom. The first-order chi connectivity index (χ1) is 9.99. The van der Waals surface area contributed by atoms with Gasteiger partial charge in [-0.3, -0.25) is 0 Å². The number of rotatable bonds is 4. The fraction of sp³-hybridized carbons (Fsp3) is 0.588. The first-order valence-corrected chi connectivity index (χ1v) is 7.67. The summed E-state index contributed by atoms with van der Waals surface area (Å²) in [5, 5.41) is 17.7. The number of carboxylic acids is 1. The van der Waals surface area contributed by atoms with E-state index in [4.69, 9.17) is 5.11 Å². The molecule has 1 aliphatic rings. The number of piperidine rings is 1. The molecule has 1 heterocycles. The van der Waals surface area contributed by atoms with Gasteiger partial charge in [-0.1, -0.05) is 32.0 Å². The van der Waals surface area contributed by atoms with Crippen molar-refractivity contribution >= 4 is 18.4 Å². The molecule has 0 saturated carbocycles. The van der Waals surface area contributed by atoms with E-state index in [9.17, 15) is 9.90 Å². The van der Waals surface area contributed by atoms with Gasteiger partial charge in [-0.15, -0.1) is 12.4 Å². The van der Waals surface area contributed by atoms with Crippen LogP contribution in [0.5, 0.6) is 0 Å². The van der Waals surface area contributed by atoms with Crippen molar-refractivity contribution in [1.82, 2.24) is 4.90 Å². The van der Waals surface area contributed by atoms with Gasteiger partial charge in [-0.2, -0.15) is 0 Å². The van der Waals surface area contributed by atoms with Crippen LogP contribution < -0.4 is 0 Å². The molecule has 1 aliphatic heterocycles. The van der Waals surface area contributed by atoms with Crippen LogP contribution in [-0.2, 0) is 0 Å². The van der Waals surface area contributed by atoms with E-state index in [0.717, 1.165) is 31.8 Å². The van der Waals surface area contributed by atoms with Crippen LogP contribution in [0.2, 0.25) is 0 Å². The number of aliphatic hydroxyl groups is 1. The van der Waals surface area contributed by atoms with Gasteiger partial charge in [0.05, 0.1) is 11.7 Å². The van der Waals surface area contributed by atoms with E-state index in [2.05, 4.69) is 18.7 Å². The lowest BCUT2D eigenvalue weighted by Gasteiger charge is -2.29. The molecule has 4 nitrogen and oxygen atoms in total. The summed E-state index contributed by atoms with van der Waals surface area (Å²) in [5.41, 5.74) is 0.331. The summed E-state index contributed by atoms with van der Waals surface area (Å²) in [6.07, 6.45) is 3.20. The summed E-state index contributed by atoms with van der Waals surface area (Å²) in [5.74, 6) is -0.0764. The molecule has 126 valence electrons. The maximum Gasteiger partial charge on any atom is 0.335 e. The molecule has 0 radical (unpaired) electrons. The minimum atomic E-state index is -0.879. The number of carboxylic acid groups (broad SMARTS) is 1. The van der Waals surface area contributed by atoms with Gasteiger partial charge in [0.25, 0.3) is 0 Å². The van der Waals surface area contributed by atoms with E-state index < -0.39 is 5.97 Å². The number of carbonyl (C=O) groups is 1. The Morgan fingerprint density at radius 1 is 1.23 bits per heavy atom. The number of halogens is 1. The summed E-state index contributed by atoms with van der Waals surface area (Å²) >= 11 is 0. The molecular weight excluding hydrogens is 302 g/mol. The highest BCUT2D eigenvalue weighted by atomic mass is 35.5. The Hall–Kier alpha value is -1.10. The molecule has 22 heavy (non-hydrogen) atoms. The van der Waals surface area contributed by atoms with E-state index in [-0.39, 0.29) is 18.5 Å². The summed E-state index contributed by atoms with van der Waals surface area (Å²) in [4.78, 5) is 12.7. The molecule has 5 heteroatoms. The number of likely N-dealkylation sites (tertiary alicyclic amines) is 1. The van der Waals surface area contributed by atoms with Gasteiger partial charge < -0.3 is 15.1 Å². The molecule has 0 bridgehead atoms. The molecule has 1 aromatic carbocycles. The Labute approximate surface area is 139 Å². The molecule has 0 aromatic heterocycles. The Kier molecular flexibility index (Phi) is 10.9. The van der Waals surface area contributed by atoms with Crippen LogP contribution in [0.25, 0.3) is 0 Å². The molecular formula is C17H28ClNO3. The Bertz CT molecular complexity index is 404. The second-order valence-electron chi connectivity index (χ2n) is 5.93. The third-order valence-corrected chi connectivity index (χ3v) is 3.60. The van der Waals surface area contributed by atoms with Crippen molar-refractivity contribution in [3.63, 3.8) is 0 Å². The van der Waals surface area contributed by atoms with Crippen molar-refractivity contribution in [2.75, 3.05) is 19.6 Å². The average molecular weight is 330 g/mol. The monoisotopic (exact) mass is 329 g/mol. The molecule has 0 unspecified atom stereocenters. The average Bonchev–Trinajstić information content (AvgIpc) is 2.48. The largest absolute Gasteiger partial charge is 0.478 e. The summed E-state index contributed by atoms with van der Waals surface area (Å²) in [7, 11) is 0. The number of benzene rings is 1. The van der Waals surface area contributed by atoms with E-state index in [0.29, 0.717) is 5.56 Å². The van der Waals surface area contributed by atoms with Crippen molar-refractivity contribution in [2.24, 2.45) is 5.92 Å². The van der Waals surface area contributed by atoms with Gasteiger partial charge in [0.1, 0.15) is 0 Å². The molecule has 2 N–H and O–H groups in total. The van der Waals surface area contributed by atoms with E-state index >= 15 is 0 Å². The summed E-state index contributed by atoms with van der Waals surface area (Å²) in [6, 6.07) is 8.30. The Morgan fingerprint density at radius 2 is 1.77 bits per heavy atom. The van der Waals surface area contributed by atoms with E-state index in [1.54, 1.807) is 30.3 Å². The second-order valence-corrected chi connectivity index (χ2v) is 5.93. The number of hydrogen-bond acceptors (Lipinski definition) is 3. The topological polar surface area (TPSA) is 60.8 Å². The number of nitrogens with zero attached hydrogens (tertiary/aromatic N) is 1. The van der Waals surface area contributed by atoms with Crippen LogP contribution in [0.15, 0.2) is 30.3 Å². The maximum atomic E-state index is 10.2. The van der Waals surface area contributed by atoms with Crippen LogP contribution in [-0.4, -0.2) is 46.8 Å². The molecule has 0 aliphatic carbocycles. The van der Waals surface area contributed by atoms with Gasteiger partial charge in [0.15, 0.2) is 0 Å². The lowest BCUT2D eigenvalue weighted by atomic mass is 10.1. The second kappa shape index (κ2) is 11.5. The molecule has 1 fully saturated rings. The highest BCUT2D eigenvalue weighted by Gasteiger charge is 2.16. The quantitative estimate of drug-likeness (QED) is 0.889. The third-order valence-electron chi connectivity index (χ3n) is 3.60. The highest BCUT2D eigenvalue weighted by molar-refractivity contribution is 5.87. The first-order valence-electron chi connectivity index (χ1n) is 7.67. The van der Waals surface area contributed by atoms with Crippen molar-refractivity contribution in [1.29, 1.82) is 0 Å². The van der Waals surface area contributed by atoms with E-state index in [1.165, 1.54) is 13.0 Å². The third kappa shape index (κ3) is 9.03. The van der Waals surface area contributed by atoms with Crippen LogP contribution in [0.1, 0.15) is 43.5 Å². The molecule has 0 amide bonds. The van der Waals surface area contributed by atoms with Crippen molar-refractivity contribution in [3.05, 3.63) is 35.9 Å². The molecule has 2 rings (SSSR count).